The molecule has 0 aliphatic rings. The first-order valence-corrected chi connectivity index (χ1v) is 5.14. The molecule has 3 N–H and O–H groups in total. The number of aromatic nitrogens is 2. The molecule has 0 aliphatic heterocycles. The Morgan fingerprint density at radius 2 is 2.24 bits per heavy atom. The van der Waals surface area contributed by atoms with Gasteiger partial charge in [-0.1, -0.05) is 0 Å². The van der Waals surface area contributed by atoms with Crippen molar-refractivity contribution < 1.29 is 8.81 Å². The van der Waals surface area contributed by atoms with E-state index >= 15 is 0 Å². The lowest BCUT2D eigenvalue weighted by molar-refractivity contribution is 0.581. The molecule has 0 atom stereocenters. The zero-order valence-corrected chi connectivity index (χ0v) is 9.12. The van der Waals surface area contributed by atoms with Gasteiger partial charge in [-0.15, -0.1) is 0 Å². The fraction of sp³-hybridized carbons (Fsp3) is 0.0833. The largest absolute Gasteiger partial charge is 0.432 e. The van der Waals surface area contributed by atoms with Gasteiger partial charge in [-0.2, -0.15) is 4.98 Å². The topological polar surface area (TPSA) is 67.8 Å². The van der Waals surface area contributed by atoms with Crippen molar-refractivity contribution >= 4 is 16.9 Å². The number of nitrogens with zero attached hydrogens (tertiary/aromatic N) is 1. The van der Waals surface area contributed by atoms with Crippen molar-refractivity contribution in [2.24, 2.45) is 0 Å². The molecule has 1 aromatic carbocycles. The van der Waals surface area contributed by atoms with Gasteiger partial charge in [-0.05, 0) is 25.1 Å². The highest BCUT2D eigenvalue weighted by Gasteiger charge is 2.14. The number of nitrogens with one attached hydrogen (secondary N) is 1. The lowest BCUT2D eigenvalue weighted by Crippen LogP contribution is -1.84. The van der Waals surface area contributed by atoms with E-state index in [0.717, 1.165) is 22.2 Å². The fourth-order valence-electron chi connectivity index (χ4n) is 2.03. The Hall–Kier alpha value is -2.30. The number of hydrogen-bond acceptors (Lipinski definition) is 3. The number of anilines is 1. The first-order chi connectivity index (χ1) is 8.15. The number of fused-ring (bicyclic) bond motifs is 1. The molecule has 0 bridgehead atoms. The molecule has 86 valence electrons. The summed E-state index contributed by atoms with van der Waals surface area (Å²) in [4.78, 5) is 7.24. The minimum Gasteiger partial charge on any atom is -0.432 e. The minimum absolute atomic E-state index is 0.102. The number of aromatic amines is 1. The minimum atomic E-state index is -0.283. The second kappa shape index (κ2) is 3.35. The Kier molecular flexibility index (Phi) is 1.95. The van der Waals surface area contributed by atoms with Gasteiger partial charge in [0.05, 0.1) is 0 Å². The number of halogens is 1. The number of nitrogens with two attached hydrogens (primary N) is 1. The van der Waals surface area contributed by atoms with Crippen molar-refractivity contribution in [1.29, 1.82) is 0 Å². The SMILES string of the molecule is Cc1[nH]c2ccc(F)cc2c1-c1coc(N)n1. The zero-order chi connectivity index (χ0) is 12.0. The van der Waals surface area contributed by atoms with Gasteiger partial charge in [0, 0.05) is 22.2 Å². The van der Waals surface area contributed by atoms with Crippen LogP contribution >= 0.6 is 0 Å². The Morgan fingerprint density at radius 3 is 2.94 bits per heavy atom. The molecule has 4 nitrogen and oxygen atoms in total. The number of nitrogen functional groups attached to an aromatic ring is 1. The van der Waals surface area contributed by atoms with E-state index in [4.69, 9.17) is 10.2 Å². The predicted octanol–water partition coefficient (Wildman–Crippen LogP) is 2.85. The van der Waals surface area contributed by atoms with Crippen molar-refractivity contribution in [2.45, 2.75) is 6.92 Å². The van der Waals surface area contributed by atoms with Crippen LogP contribution < -0.4 is 5.73 Å². The van der Waals surface area contributed by atoms with Crippen LogP contribution in [0.1, 0.15) is 5.69 Å². The van der Waals surface area contributed by atoms with Gasteiger partial charge in [-0.3, -0.25) is 0 Å². The number of hydrogen-bond donors (Lipinski definition) is 2. The van der Waals surface area contributed by atoms with Crippen LogP contribution in [0.2, 0.25) is 0 Å². The molecule has 3 rings (SSSR count). The van der Waals surface area contributed by atoms with Gasteiger partial charge in [-0.25, -0.2) is 4.39 Å². The van der Waals surface area contributed by atoms with Crippen LogP contribution in [0.25, 0.3) is 22.2 Å². The first-order valence-electron chi connectivity index (χ1n) is 5.14. The maximum Gasteiger partial charge on any atom is 0.292 e. The average molecular weight is 231 g/mol. The highest BCUT2D eigenvalue weighted by atomic mass is 19.1. The molecule has 0 amide bonds. The van der Waals surface area contributed by atoms with Crippen molar-refractivity contribution in [3.63, 3.8) is 0 Å². The third-order valence-electron chi connectivity index (χ3n) is 2.73. The normalized spacial score (nSPS) is 11.2. The van der Waals surface area contributed by atoms with Crippen molar-refractivity contribution in [1.82, 2.24) is 9.97 Å². The van der Waals surface area contributed by atoms with Gasteiger partial charge in [0.2, 0.25) is 0 Å². The third kappa shape index (κ3) is 1.47. The summed E-state index contributed by atoms with van der Waals surface area (Å²) in [6, 6.07) is 4.69. The van der Waals surface area contributed by atoms with Crippen LogP contribution in [0.3, 0.4) is 0 Å². The summed E-state index contributed by atoms with van der Waals surface area (Å²) in [5, 5.41) is 0.774. The monoisotopic (exact) mass is 231 g/mol. The van der Waals surface area contributed by atoms with E-state index in [1.165, 1.54) is 18.4 Å². The molecule has 0 aliphatic carbocycles. The summed E-state index contributed by atoms with van der Waals surface area (Å²) < 4.78 is 18.2. The zero-order valence-electron chi connectivity index (χ0n) is 9.12. The highest BCUT2D eigenvalue weighted by molar-refractivity contribution is 5.96. The lowest BCUT2D eigenvalue weighted by atomic mass is 10.1. The van der Waals surface area contributed by atoms with E-state index < -0.39 is 0 Å². The Morgan fingerprint density at radius 1 is 1.41 bits per heavy atom. The quantitative estimate of drug-likeness (QED) is 0.676. The van der Waals surface area contributed by atoms with Crippen molar-refractivity contribution in [2.75, 3.05) is 5.73 Å². The van der Waals surface area contributed by atoms with Crippen LogP contribution in [0.5, 0.6) is 0 Å². The third-order valence-corrected chi connectivity index (χ3v) is 2.73. The summed E-state index contributed by atoms with van der Waals surface area (Å²) in [6.07, 6.45) is 1.47. The van der Waals surface area contributed by atoms with E-state index in [1.807, 2.05) is 6.92 Å². The summed E-state index contributed by atoms with van der Waals surface area (Å²) in [5.74, 6) is -0.283. The maximum absolute atomic E-state index is 13.3. The smallest absolute Gasteiger partial charge is 0.292 e. The van der Waals surface area contributed by atoms with E-state index in [1.54, 1.807) is 6.07 Å². The molecule has 0 unspecified atom stereocenters. The highest BCUT2D eigenvalue weighted by Crippen LogP contribution is 2.32. The van der Waals surface area contributed by atoms with Gasteiger partial charge < -0.3 is 15.1 Å². The molecule has 17 heavy (non-hydrogen) atoms. The molecule has 2 heterocycles. The van der Waals surface area contributed by atoms with E-state index in [2.05, 4.69) is 9.97 Å². The van der Waals surface area contributed by atoms with Crippen LogP contribution in [0.15, 0.2) is 28.9 Å². The fourth-order valence-corrected chi connectivity index (χ4v) is 2.03. The van der Waals surface area contributed by atoms with E-state index in [0.29, 0.717) is 5.69 Å². The van der Waals surface area contributed by atoms with Gasteiger partial charge in [0.15, 0.2) is 0 Å². The van der Waals surface area contributed by atoms with Crippen molar-refractivity contribution in [3.8, 4) is 11.3 Å². The Labute approximate surface area is 96.3 Å². The molecule has 0 saturated carbocycles. The summed E-state index contributed by atoms with van der Waals surface area (Å²) in [7, 11) is 0. The molecular weight excluding hydrogens is 221 g/mol. The van der Waals surface area contributed by atoms with Crippen LogP contribution in [0.4, 0.5) is 10.4 Å². The average Bonchev–Trinajstić information content (AvgIpc) is 2.81. The van der Waals surface area contributed by atoms with Crippen LogP contribution in [-0.2, 0) is 0 Å². The van der Waals surface area contributed by atoms with Gasteiger partial charge >= 0.3 is 0 Å². The molecule has 0 fully saturated rings. The maximum atomic E-state index is 13.3. The number of rotatable bonds is 1. The van der Waals surface area contributed by atoms with Gasteiger partial charge in [0.25, 0.3) is 6.01 Å². The van der Waals surface area contributed by atoms with E-state index in [9.17, 15) is 4.39 Å². The number of H-pyrrole nitrogens is 1. The predicted molar refractivity (Wildman–Crippen MR) is 62.9 cm³/mol. The molecular formula is C12H10FN3O. The Balaban J connectivity index is 2.34. The molecule has 0 spiro atoms. The summed E-state index contributed by atoms with van der Waals surface area (Å²) in [6.45, 7) is 1.90. The van der Waals surface area contributed by atoms with Crippen LogP contribution in [-0.4, -0.2) is 9.97 Å². The van der Waals surface area contributed by atoms with Crippen LogP contribution in [0, 0.1) is 12.7 Å². The lowest BCUT2D eigenvalue weighted by Gasteiger charge is -1.95. The number of oxazole rings is 1. The number of aryl methyl sites for hydroxylation is 1. The molecule has 2 aromatic heterocycles. The molecule has 5 heteroatoms. The second-order valence-corrected chi connectivity index (χ2v) is 3.89. The van der Waals surface area contributed by atoms with Crippen molar-refractivity contribution in [3.05, 3.63) is 36.0 Å². The number of benzene rings is 1. The Bertz CT molecular complexity index is 699. The van der Waals surface area contributed by atoms with Gasteiger partial charge in [0.1, 0.15) is 17.8 Å². The van der Waals surface area contributed by atoms with E-state index in [-0.39, 0.29) is 11.8 Å². The molecule has 3 aromatic rings. The second-order valence-electron chi connectivity index (χ2n) is 3.89. The molecule has 0 saturated heterocycles. The standard InChI is InChI=1S/C12H10FN3O/c1-6-11(10-5-17-12(14)16-10)8-4-7(13)2-3-9(8)15-6/h2-5,15H,1H3,(H2,14,16). The molecule has 0 radical (unpaired) electrons. The first kappa shape index (κ1) is 9.89. The summed E-state index contributed by atoms with van der Waals surface area (Å²) in [5.41, 5.74) is 8.64. The summed E-state index contributed by atoms with van der Waals surface area (Å²) >= 11 is 0.